The summed E-state index contributed by atoms with van der Waals surface area (Å²) in [6, 6.07) is 9.86. The Morgan fingerprint density at radius 1 is 1.30 bits per heavy atom. The number of allylic oxidation sites excluding steroid dienone is 2. The molecule has 1 aromatic carbocycles. The minimum atomic E-state index is -0.915. The lowest BCUT2D eigenvalue weighted by molar-refractivity contribution is -0.908. The van der Waals surface area contributed by atoms with Gasteiger partial charge >= 0.3 is 5.97 Å². The zero-order valence-electron chi connectivity index (χ0n) is 19.0. The van der Waals surface area contributed by atoms with Gasteiger partial charge < -0.3 is 14.7 Å². The van der Waals surface area contributed by atoms with Gasteiger partial charge in [-0.15, -0.1) is 0 Å². The maximum Gasteiger partial charge on any atom is 0.315 e. The molecule has 1 aliphatic heterocycles. The van der Waals surface area contributed by atoms with Gasteiger partial charge in [0, 0.05) is 5.92 Å². The van der Waals surface area contributed by atoms with Crippen LogP contribution < -0.4 is 4.90 Å². The molecule has 4 heteroatoms. The summed E-state index contributed by atoms with van der Waals surface area (Å²) in [4.78, 5) is 14.2. The van der Waals surface area contributed by atoms with E-state index < -0.39 is 5.60 Å². The minimum absolute atomic E-state index is 0.0178. The molecule has 0 radical (unpaired) electrons. The van der Waals surface area contributed by atoms with E-state index in [-0.39, 0.29) is 29.3 Å². The van der Waals surface area contributed by atoms with Gasteiger partial charge in [-0.2, -0.15) is 0 Å². The Morgan fingerprint density at radius 3 is 2.73 bits per heavy atom. The second kappa shape index (κ2) is 8.12. The van der Waals surface area contributed by atoms with Crippen LogP contribution in [0.2, 0.25) is 0 Å². The molecule has 1 saturated carbocycles. The number of likely N-dealkylation sites (N-methyl/N-ethyl adjacent to an activating group) is 1. The number of carbonyl (C=O) groups excluding carboxylic acids is 1. The monoisotopic (exact) mass is 412 g/mol. The molecule has 1 heterocycles. The van der Waals surface area contributed by atoms with Crippen LogP contribution in [0.25, 0.3) is 0 Å². The van der Waals surface area contributed by atoms with Crippen molar-refractivity contribution in [3.8, 4) is 0 Å². The molecule has 0 amide bonds. The highest BCUT2D eigenvalue weighted by Crippen LogP contribution is 2.54. The quantitative estimate of drug-likeness (QED) is 0.557. The molecule has 4 rings (SSSR count). The van der Waals surface area contributed by atoms with Gasteiger partial charge in [0.2, 0.25) is 0 Å². The van der Waals surface area contributed by atoms with Crippen LogP contribution in [0.15, 0.2) is 41.5 Å². The fraction of sp³-hybridized carbons (Fsp3) is 0.654. The Labute approximate surface area is 181 Å². The number of hydrogen-bond donors (Lipinski definition) is 2. The molecule has 0 spiro atoms. The summed E-state index contributed by atoms with van der Waals surface area (Å²) in [5.74, 6) is 0.205. The van der Waals surface area contributed by atoms with E-state index in [1.807, 2.05) is 37.3 Å². The Bertz CT molecular complexity index is 815. The molecular formula is C26H38NO3+. The van der Waals surface area contributed by atoms with Crippen molar-refractivity contribution >= 4 is 5.97 Å². The average molecular weight is 413 g/mol. The van der Waals surface area contributed by atoms with Crippen molar-refractivity contribution in [3.63, 3.8) is 0 Å². The van der Waals surface area contributed by atoms with E-state index in [9.17, 15) is 9.90 Å². The first-order chi connectivity index (χ1) is 14.2. The lowest BCUT2D eigenvalue weighted by Gasteiger charge is -2.45. The Kier molecular flexibility index (Phi) is 5.84. The van der Waals surface area contributed by atoms with E-state index in [1.54, 1.807) is 11.1 Å². The van der Waals surface area contributed by atoms with E-state index >= 15 is 0 Å². The van der Waals surface area contributed by atoms with Gasteiger partial charge in [0.05, 0.1) is 13.1 Å². The summed E-state index contributed by atoms with van der Waals surface area (Å²) in [6.45, 7) is 10.9. The third kappa shape index (κ3) is 3.97. The molecule has 4 nitrogen and oxygen atoms in total. The lowest BCUT2D eigenvalue weighted by Crippen LogP contribution is -3.14. The zero-order chi connectivity index (χ0) is 21.5. The summed E-state index contributed by atoms with van der Waals surface area (Å²) >= 11 is 0. The van der Waals surface area contributed by atoms with Gasteiger partial charge in [0.1, 0.15) is 24.2 Å². The largest absolute Gasteiger partial charge is 0.462 e. The first-order valence-electron chi connectivity index (χ1n) is 11.7. The predicted molar refractivity (Wildman–Crippen MR) is 118 cm³/mol. The molecule has 164 valence electrons. The molecule has 2 N–H and O–H groups in total. The molecule has 0 bridgehead atoms. The van der Waals surface area contributed by atoms with Crippen LogP contribution in [0.5, 0.6) is 0 Å². The van der Waals surface area contributed by atoms with Crippen LogP contribution in [0.3, 0.4) is 0 Å². The van der Waals surface area contributed by atoms with E-state index in [0.717, 1.165) is 31.5 Å². The van der Waals surface area contributed by atoms with Crippen molar-refractivity contribution < 1.29 is 19.5 Å². The maximum atomic E-state index is 12.9. The topological polar surface area (TPSA) is 51.0 Å². The molecule has 2 fully saturated rings. The van der Waals surface area contributed by atoms with Crippen molar-refractivity contribution in [2.75, 3.05) is 19.6 Å². The minimum Gasteiger partial charge on any atom is -0.462 e. The van der Waals surface area contributed by atoms with Crippen LogP contribution in [0.4, 0.5) is 0 Å². The summed E-state index contributed by atoms with van der Waals surface area (Å²) in [5, 5.41) is 11.1. The molecule has 6 atom stereocenters. The third-order valence-electron chi connectivity index (χ3n) is 8.18. The SMILES string of the molecule is CC[NH+](C[C@@H]1C(=O)O[C@H]2C[C@]3(C)CCCC(C)=C3C[C@@H]21)C[C@@](C)(O)c1ccccc1. The molecule has 1 aromatic rings. The van der Waals surface area contributed by atoms with E-state index in [4.69, 9.17) is 4.74 Å². The Hall–Kier alpha value is -1.65. The number of hydrogen-bond acceptors (Lipinski definition) is 3. The second-order valence-corrected chi connectivity index (χ2v) is 10.5. The van der Waals surface area contributed by atoms with Gasteiger partial charge in [0.15, 0.2) is 0 Å². The van der Waals surface area contributed by atoms with E-state index in [0.29, 0.717) is 6.54 Å². The highest BCUT2D eigenvalue weighted by atomic mass is 16.6. The number of nitrogens with one attached hydrogen (secondary N) is 1. The van der Waals surface area contributed by atoms with Gasteiger partial charge in [-0.05, 0) is 63.9 Å². The summed E-state index contributed by atoms with van der Waals surface area (Å²) in [6.07, 6.45) is 5.73. The standard InChI is InChI=1S/C26H37NO3/c1-5-27(17-26(4,29)19-11-7-6-8-12-19)16-21-20-14-22-18(2)10-9-13-25(22,3)15-23(20)30-24(21)28/h6-8,11-12,20-21,23,29H,5,9-10,13-17H2,1-4H3/p+1/t20-,21+,23+,25+,26-/m1/s1. The van der Waals surface area contributed by atoms with Crippen molar-refractivity contribution in [3.05, 3.63) is 47.0 Å². The summed E-state index contributed by atoms with van der Waals surface area (Å²) in [5.41, 5.74) is 3.38. The van der Waals surface area contributed by atoms with Crippen LogP contribution in [0, 0.1) is 17.3 Å². The smallest absolute Gasteiger partial charge is 0.315 e. The van der Waals surface area contributed by atoms with Crippen molar-refractivity contribution in [1.29, 1.82) is 0 Å². The summed E-state index contributed by atoms with van der Waals surface area (Å²) < 4.78 is 5.95. The van der Waals surface area contributed by atoms with Crippen molar-refractivity contribution in [2.45, 2.75) is 71.5 Å². The number of fused-ring (bicyclic) bond motifs is 2. The first kappa shape index (κ1) is 21.6. The average Bonchev–Trinajstić information content (AvgIpc) is 3.00. The van der Waals surface area contributed by atoms with Crippen LogP contribution in [-0.2, 0) is 15.1 Å². The lowest BCUT2D eigenvalue weighted by atomic mass is 9.59. The van der Waals surface area contributed by atoms with Gasteiger partial charge in [-0.1, -0.05) is 48.4 Å². The van der Waals surface area contributed by atoms with E-state index in [2.05, 4.69) is 20.8 Å². The molecular weight excluding hydrogens is 374 g/mol. The second-order valence-electron chi connectivity index (χ2n) is 10.5. The Balaban J connectivity index is 1.50. The Morgan fingerprint density at radius 2 is 2.03 bits per heavy atom. The van der Waals surface area contributed by atoms with Gasteiger partial charge in [0.25, 0.3) is 0 Å². The molecule has 0 aromatic heterocycles. The number of esters is 1. The van der Waals surface area contributed by atoms with E-state index in [1.165, 1.54) is 24.2 Å². The molecule has 1 saturated heterocycles. The van der Waals surface area contributed by atoms with Crippen LogP contribution in [-0.4, -0.2) is 36.8 Å². The van der Waals surface area contributed by atoms with Crippen molar-refractivity contribution in [1.82, 2.24) is 0 Å². The number of rotatable bonds is 6. The van der Waals surface area contributed by atoms with Gasteiger partial charge in [-0.3, -0.25) is 4.79 Å². The number of ether oxygens (including phenoxy) is 1. The predicted octanol–water partition coefficient (Wildman–Crippen LogP) is 3.26. The van der Waals surface area contributed by atoms with Crippen LogP contribution >= 0.6 is 0 Å². The number of benzene rings is 1. The number of quaternary nitrogens is 1. The molecule has 2 aliphatic carbocycles. The normalized spacial score (nSPS) is 34.0. The fourth-order valence-electron chi connectivity index (χ4n) is 6.38. The zero-order valence-corrected chi connectivity index (χ0v) is 19.0. The molecule has 3 aliphatic rings. The first-order valence-corrected chi connectivity index (χ1v) is 11.7. The number of carbonyl (C=O) groups is 1. The molecule has 30 heavy (non-hydrogen) atoms. The van der Waals surface area contributed by atoms with Gasteiger partial charge in [-0.25, -0.2) is 0 Å². The maximum absolute atomic E-state index is 12.9. The van der Waals surface area contributed by atoms with Crippen LogP contribution in [0.1, 0.15) is 65.4 Å². The number of aliphatic hydroxyl groups is 1. The molecule has 1 unspecified atom stereocenters. The third-order valence-corrected chi connectivity index (χ3v) is 8.18. The fourth-order valence-corrected chi connectivity index (χ4v) is 6.38. The summed E-state index contributed by atoms with van der Waals surface area (Å²) in [7, 11) is 0. The highest BCUT2D eigenvalue weighted by molar-refractivity contribution is 5.75. The highest BCUT2D eigenvalue weighted by Gasteiger charge is 2.54. The van der Waals surface area contributed by atoms with Crippen molar-refractivity contribution in [2.24, 2.45) is 17.3 Å².